The third-order valence-electron chi connectivity index (χ3n) is 2.48. The molecule has 16 heavy (non-hydrogen) atoms. The van der Waals surface area contributed by atoms with Gasteiger partial charge in [-0.25, -0.2) is 4.98 Å². The third-order valence-corrected chi connectivity index (χ3v) is 2.48. The minimum atomic E-state index is -0.436. The summed E-state index contributed by atoms with van der Waals surface area (Å²) < 4.78 is 13.2. The van der Waals surface area contributed by atoms with Crippen molar-refractivity contribution in [1.82, 2.24) is 9.97 Å². The lowest BCUT2D eigenvalue weighted by Crippen LogP contribution is -1.98. The maximum absolute atomic E-state index is 13.2. The van der Waals surface area contributed by atoms with Gasteiger partial charge in [0.1, 0.15) is 0 Å². The summed E-state index contributed by atoms with van der Waals surface area (Å²) in [7, 11) is 0. The number of nitrogens with two attached hydrogens (primary N) is 1. The summed E-state index contributed by atoms with van der Waals surface area (Å²) in [5.41, 5.74) is 9.21. The number of nitrogen functional groups attached to an aromatic ring is 1. The van der Waals surface area contributed by atoms with Crippen molar-refractivity contribution >= 4 is 5.69 Å². The van der Waals surface area contributed by atoms with Crippen LogP contribution in [0.1, 0.15) is 11.3 Å². The molecule has 4 heteroatoms. The second-order valence-corrected chi connectivity index (χ2v) is 3.69. The van der Waals surface area contributed by atoms with Crippen molar-refractivity contribution in [1.29, 1.82) is 0 Å². The van der Waals surface area contributed by atoms with Crippen molar-refractivity contribution in [2.45, 2.75) is 13.8 Å². The monoisotopic (exact) mass is 217 g/mol. The van der Waals surface area contributed by atoms with Crippen molar-refractivity contribution in [3.05, 3.63) is 41.7 Å². The summed E-state index contributed by atoms with van der Waals surface area (Å²) in [5, 5.41) is 0. The minimum Gasteiger partial charge on any atom is -0.397 e. The lowest BCUT2D eigenvalue weighted by atomic mass is 10.0. The van der Waals surface area contributed by atoms with Crippen LogP contribution in [0.15, 0.2) is 24.5 Å². The lowest BCUT2D eigenvalue weighted by molar-refractivity contribution is 0.571. The van der Waals surface area contributed by atoms with Crippen LogP contribution in [0.3, 0.4) is 0 Å². The number of anilines is 1. The van der Waals surface area contributed by atoms with Gasteiger partial charge in [0.15, 0.2) is 0 Å². The molecule has 2 aromatic heterocycles. The molecule has 0 spiro atoms. The summed E-state index contributed by atoms with van der Waals surface area (Å²) in [6.07, 6.45) is 3.23. The van der Waals surface area contributed by atoms with Gasteiger partial charge in [-0.15, -0.1) is 0 Å². The van der Waals surface area contributed by atoms with E-state index in [1.807, 2.05) is 0 Å². The van der Waals surface area contributed by atoms with E-state index in [2.05, 4.69) is 9.97 Å². The van der Waals surface area contributed by atoms with Gasteiger partial charge in [0.2, 0.25) is 5.95 Å². The first-order chi connectivity index (χ1) is 7.59. The van der Waals surface area contributed by atoms with E-state index in [4.69, 9.17) is 5.73 Å². The number of rotatable bonds is 1. The van der Waals surface area contributed by atoms with Crippen LogP contribution in [0.4, 0.5) is 10.1 Å². The van der Waals surface area contributed by atoms with Gasteiger partial charge in [0.25, 0.3) is 0 Å². The predicted molar refractivity (Wildman–Crippen MR) is 61.3 cm³/mol. The van der Waals surface area contributed by atoms with Crippen LogP contribution in [0.2, 0.25) is 0 Å². The van der Waals surface area contributed by atoms with Gasteiger partial charge in [-0.3, -0.25) is 4.98 Å². The Morgan fingerprint density at radius 1 is 1.25 bits per heavy atom. The molecule has 0 radical (unpaired) electrons. The van der Waals surface area contributed by atoms with Gasteiger partial charge in [-0.2, -0.15) is 4.39 Å². The molecule has 3 nitrogen and oxygen atoms in total. The van der Waals surface area contributed by atoms with E-state index >= 15 is 0 Å². The normalized spacial score (nSPS) is 10.4. The summed E-state index contributed by atoms with van der Waals surface area (Å²) in [4.78, 5) is 7.77. The Kier molecular flexibility index (Phi) is 2.56. The van der Waals surface area contributed by atoms with Crippen LogP contribution in [-0.4, -0.2) is 9.97 Å². The third kappa shape index (κ3) is 1.74. The fraction of sp³-hybridized carbons (Fsp3) is 0.167. The van der Waals surface area contributed by atoms with Gasteiger partial charge in [0.05, 0.1) is 11.9 Å². The highest BCUT2D eigenvalue weighted by Crippen LogP contribution is 2.28. The van der Waals surface area contributed by atoms with E-state index in [1.54, 1.807) is 38.4 Å². The smallest absolute Gasteiger partial charge is 0.216 e. The molecule has 2 aromatic rings. The SMILES string of the molecule is Cc1cc(-c2ccncc2N)c(C)nc1F. The van der Waals surface area contributed by atoms with Crippen molar-refractivity contribution in [2.24, 2.45) is 0 Å². The van der Waals surface area contributed by atoms with Crippen LogP contribution >= 0.6 is 0 Å². The van der Waals surface area contributed by atoms with Crippen LogP contribution in [-0.2, 0) is 0 Å². The lowest BCUT2D eigenvalue weighted by Gasteiger charge is -2.09. The van der Waals surface area contributed by atoms with E-state index in [1.165, 1.54) is 0 Å². The Bertz CT molecular complexity index is 538. The molecule has 0 aliphatic carbocycles. The second kappa shape index (κ2) is 3.89. The molecule has 0 saturated heterocycles. The van der Waals surface area contributed by atoms with Crippen molar-refractivity contribution in [2.75, 3.05) is 5.73 Å². The van der Waals surface area contributed by atoms with Crippen molar-refractivity contribution < 1.29 is 4.39 Å². The zero-order valence-corrected chi connectivity index (χ0v) is 9.16. The first-order valence-corrected chi connectivity index (χ1v) is 4.93. The van der Waals surface area contributed by atoms with Crippen LogP contribution in [0, 0.1) is 19.8 Å². The number of halogens is 1. The first kappa shape index (κ1) is 10.5. The van der Waals surface area contributed by atoms with Gasteiger partial charge in [-0.05, 0) is 26.0 Å². The van der Waals surface area contributed by atoms with Crippen molar-refractivity contribution in [3.8, 4) is 11.1 Å². The molecule has 2 heterocycles. The standard InChI is InChI=1S/C12H12FN3/c1-7-5-10(8(2)16-12(7)13)9-3-4-15-6-11(9)14/h3-6H,14H2,1-2H3. The molecule has 0 aromatic carbocycles. The summed E-state index contributed by atoms with van der Waals surface area (Å²) in [6, 6.07) is 3.56. The number of aromatic nitrogens is 2. The number of hydrogen-bond donors (Lipinski definition) is 1. The zero-order valence-electron chi connectivity index (χ0n) is 9.16. The fourth-order valence-corrected chi connectivity index (χ4v) is 1.60. The number of nitrogens with zero attached hydrogens (tertiary/aromatic N) is 2. The molecule has 0 fully saturated rings. The highest BCUT2D eigenvalue weighted by Gasteiger charge is 2.09. The number of aryl methyl sites for hydroxylation is 2. The molecule has 0 saturated carbocycles. The van der Waals surface area contributed by atoms with Crippen LogP contribution in [0.5, 0.6) is 0 Å². The molecule has 0 aliphatic rings. The topological polar surface area (TPSA) is 51.8 Å². The molecule has 0 unspecified atom stereocenters. The molecule has 0 atom stereocenters. The largest absolute Gasteiger partial charge is 0.397 e. The van der Waals surface area contributed by atoms with E-state index < -0.39 is 5.95 Å². The predicted octanol–water partition coefficient (Wildman–Crippen LogP) is 2.48. The minimum absolute atomic E-state index is 0.436. The Morgan fingerprint density at radius 2 is 2.00 bits per heavy atom. The summed E-state index contributed by atoms with van der Waals surface area (Å²) in [6.45, 7) is 3.44. The Hall–Kier alpha value is -1.97. The number of pyridine rings is 2. The molecule has 2 N–H and O–H groups in total. The molecule has 2 rings (SSSR count). The fourth-order valence-electron chi connectivity index (χ4n) is 1.60. The maximum atomic E-state index is 13.2. The molecule has 0 amide bonds. The summed E-state index contributed by atoms with van der Waals surface area (Å²) >= 11 is 0. The van der Waals surface area contributed by atoms with Crippen molar-refractivity contribution in [3.63, 3.8) is 0 Å². The highest BCUT2D eigenvalue weighted by molar-refractivity contribution is 5.77. The summed E-state index contributed by atoms with van der Waals surface area (Å²) in [5.74, 6) is -0.436. The molecular weight excluding hydrogens is 205 g/mol. The number of hydrogen-bond acceptors (Lipinski definition) is 3. The van der Waals surface area contributed by atoms with E-state index in [0.717, 1.165) is 11.1 Å². The van der Waals surface area contributed by atoms with Gasteiger partial charge in [0, 0.05) is 28.6 Å². The van der Waals surface area contributed by atoms with Crippen LogP contribution in [0.25, 0.3) is 11.1 Å². The first-order valence-electron chi connectivity index (χ1n) is 4.93. The maximum Gasteiger partial charge on any atom is 0.216 e. The average Bonchev–Trinajstić information content (AvgIpc) is 2.25. The average molecular weight is 217 g/mol. The van der Waals surface area contributed by atoms with Gasteiger partial charge in [-0.1, -0.05) is 0 Å². The second-order valence-electron chi connectivity index (χ2n) is 3.69. The Labute approximate surface area is 93.2 Å². The quantitative estimate of drug-likeness (QED) is 0.746. The van der Waals surface area contributed by atoms with E-state index in [-0.39, 0.29) is 0 Å². The molecule has 82 valence electrons. The van der Waals surface area contributed by atoms with E-state index in [9.17, 15) is 4.39 Å². The van der Waals surface area contributed by atoms with Gasteiger partial charge < -0.3 is 5.73 Å². The zero-order chi connectivity index (χ0) is 11.7. The Morgan fingerprint density at radius 3 is 2.69 bits per heavy atom. The molecular formula is C12H12FN3. The highest BCUT2D eigenvalue weighted by atomic mass is 19.1. The Balaban J connectivity index is 2.65. The van der Waals surface area contributed by atoms with Gasteiger partial charge >= 0.3 is 0 Å². The van der Waals surface area contributed by atoms with E-state index in [0.29, 0.717) is 16.9 Å². The molecule has 0 bridgehead atoms. The van der Waals surface area contributed by atoms with Crippen LogP contribution < -0.4 is 5.73 Å². The molecule has 0 aliphatic heterocycles.